The molecule has 190 valence electrons. The first kappa shape index (κ1) is 25.0. The Hall–Kier alpha value is -3.71. The van der Waals surface area contributed by atoms with Crippen molar-refractivity contribution in [2.24, 2.45) is 0 Å². The first-order valence-corrected chi connectivity index (χ1v) is 13.7. The average molecular weight is 512 g/mol. The van der Waals surface area contributed by atoms with E-state index in [0.717, 1.165) is 66.3 Å². The molecule has 3 aromatic carbocycles. The fourth-order valence-electron chi connectivity index (χ4n) is 4.77. The molecule has 0 unspecified atom stereocenters. The second-order valence-electron chi connectivity index (χ2n) is 9.08. The van der Waals surface area contributed by atoms with Crippen molar-refractivity contribution in [3.8, 4) is 0 Å². The minimum Gasteiger partial charge on any atom is -0.372 e. The van der Waals surface area contributed by atoms with Gasteiger partial charge in [-0.05, 0) is 86.5 Å². The van der Waals surface area contributed by atoms with Gasteiger partial charge in [0.05, 0.1) is 10.4 Å². The lowest BCUT2D eigenvalue weighted by molar-refractivity contribution is 0.0747. The van der Waals surface area contributed by atoms with Crippen molar-refractivity contribution in [3.63, 3.8) is 0 Å². The van der Waals surface area contributed by atoms with E-state index in [1.807, 2.05) is 47.5 Å². The van der Waals surface area contributed by atoms with Gasteiger partial charge in [-0.25, -0.2) is 0 Å². The molecule has 0 aliphatic carbocycles. The van der Waals surface area contributed by atoms with Crippen LogP contribution in [-0.4, -0.2) is 55.1 Å². The lowest BCUT2D eigenvalue weighted by Gasteiger charge is -2.36. The Morgan fingerprint density at radius 3 is 2.30 bits per heavy atom. The van der Waals surface area contributed by atoms with Crippen molar-refractivity contribution in [1.82, 2.24) is 9.88 Å². The van der Waals surface area contributed by atoms with E-state index < -0.39 is 0 Å². The van der Waals surface area contributed by atoms with E-state index in [2.05, 4.69) is 75.8 Å². The van der Waals surface area contributed by atoms with Gasteiger partial charge in [0, 0.05) is 73.5 Å². The van der Waals surface area contributed by atoms with Crippen LogP contribution < -0.4 is 14.5 Å². The Bertz CT molecular complexity index is 1330. The maximum absolute atomic E-state index is 13.1. The highest BCUT2D eigenvalue weighted by molar-refractivity contribution is 8.00. The number of amides is 1. The zero-order chi connectivity index (χ0) is 25.6. The molecule has 0 atom stereocenters. The molecule has 1 aliphatic heterocycles. The van der Waals surface area contributed by atoms with Crippen LogP contribution in [-0.2, 0) is 0 Å². The summed E-state index contributed by atoms with van der Waals surface area (Å²) in [7, 11) is 0. The van der Waals surface area contributed by atoms with Gasteiger partial charge in [0.15, 0.2) is 0 Å². The number of aromatic nitrogens is 1. The summed E-state index contributed by atoms with van der Waals surface area (Å²) in [5.74, 6) is 0.0917. The molecule has 1 aliphatic rings. The first-order chi connectivity index (χ1) is 18.2. The summed E-state index contributed by atoms with van der Waals surface area (Å²) in [6.45, 7) is 9.50. The van der Waals surface area contributed by atoms with E-state index in [0.29, 0.717) is 0 Å². The fourth-order valence-corrected chi connectivity index (χ4v) is 5.54. The molecule has 37 heavy (non-hydrogen) atoms. The maximum atomic E-state index is 13.1. The number of benzene rings is 3. The molecule has 4 aromatic rings. The maximum Gasteiger partial charge on any atom is 0.253 e. The number of fused-ring (bicyclic) bond motifs is 1. The molecule has 6 nitrogen and oxygen atoms in total. The molecule has 0 saturated carbocycles. The molecule has 2 heterocycles. The number of carbonyl (C=O) groups excluding carboxylic acids is 1. The van der Waals surface area contributed by atoms with E-state index in [9.17, 15) is 4.79 Å². The lowest BCUT2D eigenvalue weighted by Crippen LogP contribution is -2.48. The molecule has 1 amide bonds. The minimum atomic E-state index is 0.0917. The van der Waals surface area contributed by atoms with Crippen molar-refractivity contribution in [1.29, 1.82) is 0 Å². The van der Waals surface area contributed by atoms with E-state index in [4.69, 9.17) is 0 Å². The molecule has 1 saturated heterocycles. The molecule has 0 radical (unpaired) electrons. The smallest absolute Gasteiger partial charge is 0.253 e. The van der Waals surface area contributed by atoms with Gasteiger partial charge in [-0.3, -0.25) is 9.78 Å². The summed E-state index contributed by atoms with van der Waals surface area (Å²) in [6, 6.07) is 26.7. The van der Waals surface area contributed by atoms with Gasteiger partial charge in [-0.1, -0.05) is 18.2 Å². The Kier molecular flexibility index (Phi) is 7.80. The molecule has 0 spiro atoms. The lowest BCUT2D eigenvalue weighted by atomic mass is 10.1. The zero-order valence-corrected chi connectivity index (χ0v) is 22.2. The number of nitrogens with one attached hydrogen (secondary N) is 1. The van der Waals surface area contributed by atoms with Gasteiger partial charge in [0.1, 0.15) is 0 Å². The third-order valence-electron chi connectivity index (χ3n) is 6.92. The highest BCUT2D eigenvalue weighted by atomic mass is 32.2. The Morgan fingerprint density at radius 1 is 0.892 bits per heavy atom. The summed E-state index contributed by atoms with van der Waals surface area (Å²) in [5, 5.41) is 1.12. The normalized spacial score (nSPS) is 13.6. The standard InChI is InChI=1S/C30H33N5OS/c1-3-33(4-2)26-14-16-27(17-15-26)34-19-21-35(22-20-34)30(36)24-10-12-25(13-11-24)32-37-28-9-5-7-23-8-6-18-31-29(23)28/h5-18,32H,3-4,19-22H2,1-2H3. The number of hydrogen-bond donors (Lipinski definition) is 1. The highest BCUT2D eigenvalue weighted by Gasteiger charge is 2.22. The summed E-state index contributed by atoms with van der Waals surface area (Å²) in [5.41, 5.74) is 5.13. The van der Waals surface area contributed by atoms with Crippen molar-refractivity contribution in [3.05, 3.63) is 90.6 Å². The summed E-state index contributed by atoms with van der Waals surface area (Å²) >= 11 is 1.53. The van der Waals surface area contributed by atoms with E-state index in [-0.39, 0.29) is 5.91 Å². The average Bonchev–Trinajstić information content (AvgIpc) is 2.97. The van der Waals surface area contributed by atoms with Crippen LogP contribution in [0.15, 0.2) is 90.0 Å². The third-order valence-corrected chi connectivity index (χ3v) is 7.80. The number of pyridine rings is 1. The molecular weight excluding hydrogens is 478 g/mol. The zero-order valence-electron chi connectivity index (χ0n) is 21.4. The monoisotopic (exact) mass is 511 g/mol. The summed E-state index contributed by atoms with van der Waals surface area (Å²) in [4.78, 5) is 25.4. The van der Waals surface area contributed by atoms with Crippen LogP contribution >= 0.6 is 11.9 Å². The van der Waals surface area contributed by atoms with E-state index >= 15 is 0 Å². The van der Waals surface area contributed by atoms with Crippen molar-refractivity contribution < 1.29 is 4.79 Å². The molecule has 7 heteroatoms. The number of carbonyl (C=O) groups is 1. The van der Waals surface area contributed by atoms with Gasteiger partial charge < -0.3 is 19.4 Å². The number of anilines is 3. The number of nitrogens with zero attached hydrogens (tertiary/aromatic N) is 4. The van der Waals surface area contributed by atoms with Crippen LogP contribution in [0.5, 0.6) is 0 Å². The van der Waals surface area contributed by atoms with Crippen molar-refractivity contribution >= 4 is 45.8 Å². The second-order valence-corrected chi connectivity index (χ2v) is 9.93. The van der Waals surface area contributed by atoms with Gasteiger partial charge in [-0.2, -0.15) is 0 Å². The van der Waals surface area contributed by atoms with Crippen molar-refractivity contribution in [2.75, 3.05) is 53.8 Å². The quantitative estimate of drug-likeness (QED) is 0.286. The van der Waals surface area contributed by atoms with Crippen LogP contribution in [0.1, 0.15) is 24.2 Å². The molecular formula is C30H33N5OS. The first-order valence-electron chi connectivity index (χ1n) is 12.9. The molecule has 1 N–H and O–H groups in total. The minimum absolute atomic E-state index is 0.0917. The number of hydrogen-bond acceptors (Lipinski definition) is 6. The van der Waals surface area contributed by atoms with Gasteiger partial charge in [0.2, 0.25) is 0 Å². The molecule has 0 bridgehead atoms. The third kappa shape index (κ3) is 5.67. The summed E-state index contributed by atoms with van der Waals surface area (Å²) in [6.07, 6.45) is 1.82. The van der Waals surface area contributed by atoms with Crippen LogP contribution in [0.4, 0.5) is 17.1 Å². The Labute approximate surface area is 223 Å². The second kappa shape index (κ2) is 11.6. The Balaban J connectivity index is 1.15. The predicted molar refractivity (Wildman–Crippen MR) is 156 cm³/mol. The van der Waals surface area contributed by atoms with Crippen LogP contribution in [0, 0.1) is 0 Å². The van der Waals surface area contributed by atoms with E-state index in [1.165, 1.54) is 23.3 Å². The van der Waals surface area contributed by atoms with Gasteiger partial charge >= 0.3 is 0 Å². The van der Waals surface area contributed by atoms with Gasteiger partial charge in [0.25, 0.3) is 5.91 Å². The molecule has 1 fully saturated rings. The predicted octanol–water partition coefficient (Wildman–Crippen LogP) is 6.16. The Morgan fingerprint density at radius 2 is 1.59 bits per heavy atom. The van der Waals surface area contributed by atoms with Gasteiger partial charge in [-0.15, -0.1) is 0 Å². The largest absolute Gasteiger partial charge is 0.372 e. The fraction of sp³-hybridized carbons (Fsp3) is 0.267. The van der Waals surface area contributed by atoms with Crippen LogP contribution in [0.3, 0.4) is 0 Å². The molecule has 5 rings (SSSR count). The molecule has 1 aromatic heterocycles. The topological polar surface area (TPSA) is 51.7 Å². The number of piperazine rings is 1. The summed E-state index contributed by atoms with van der Waals surface area (Å²) < 4.78 is 3.38. The van der Waals surface area contributed by atoms with Crippen LogP contribution in [0.2, 0.25) is 0 Å². The van der Waals surface area contributed by atoms with Crippen molar-refractivity contribution in [2.45, 2.75) is 18.7 Å². The van der Waals surface area contributed by atoms with E-state index in [1.54, 1.807) is 0 Å². The number of rotatable bonds is 8. The van der Waals surface area contributed by atoms with Crippen LogP contribution in [0.25, 0.3) is 10.9 Å². The highest BCUT2D eigenvalue weighted by Crippen LogP contribution is 2.28. The number of para-hydroxylation sites is 1. The SMILES string of the molecule is CCN(CC)c1ccc(N2CCN(C(=O)c3ccc(NSc4cccc5cccnc45)cc3)CC2)cc1.